The van der Waals surface area contributed by atoms with E-state index in [1.165, 1.54) is 4.68 Å². The average molecular weight is 246 g/mol. The third-order valence-electron chi connectivity index (χ3n) is 2.74. The maximum atomic E-state index is 11.8. The number of rotatable bonds is 3. The topological polar surface area (TPSA) is 75.3 Å². The lowest BCUT2D eigenvalue weighted by Gasteiger charge is -2.10. The Morgan fingerprint density at radius 1 is 1.33 bits per heavy atom. The molecule has 2 N–H and O–H groups in total. The van der Waals surface area contributed by atoms with E-state index in [4.69, 9.17) is 5.11 Å². The van der Waals surface area contributed by atoms with Crippen molar-refractivity contribution in [3.05, 3.63) is 51.9 Å². The van der Waals surface area contributed by atoms with E-state index in [1.807, 2.05) is 25.1 Å². The van der Waals surface area contributed by atoms with Gasteiger partial charge in [0.1, 0.15) is 11.4 Å². The summed E-state index contributed by atoms with van der Waals surface area (Å²) in [6.07, 6.45) is 0.764. The number of para-hydroxylation sites is 1. The van der Waals surface area contributed by atoms with Crippen molar-refractivity contribution in [2.24, 2.45) is 0 Å². The van der Waals surface area contributed by atoms with Crippen molar-refractivity contribution in [3.8, 4) is 11.4 Å². The molecule has 0 saturated heterocycles. The Balaban J connectivity index is 2.67. The van der Waals surface area contributed by atoms with Crippen molar-refractivity contribution >= 4 is 0 Å². The standard InChI is InChI=1S/C13H14N2O3/c1-2-9-5-3-4-6-11(9)15-13(18)7-12(17)10(8-16)14-15/h3-7,16-17H,2,8H2,1H3. The van der Waals surface area contributed by atoms with Gasteiger partial charge < -0.3 is 10.2 Å². The van der Waals surface area contributed by atoms with Crippen LogP contribution in [0.1, 0.15) is 18.2 Å². The molecule has 0 atom stereocenters. The zero-order valence-electron chi connectivity index (χ0n) is 10.00. The van der Waals surface area contributed by atoms with Crippen LogP contribution in [0.3, 0.4) is 0 Å². The van der Waals surface area contributed by atoms with Crippen LogP contribution >= 0.6 is 0 Å². The highest BCUT2D eigenvalue weighted by molar-refractivity contribution is 5.41. The molecule has 0 bridgehead atoms. The monoisotopic (exact) mass is 246 g/mol. The molecule has 0 unspecified atom stereocenters. The Bertz CT molecular complexity index is 620. The van der Waals surface area contributed by atoms with Crippen molar-refractivity contribution in [1.29, 1.82) is 0 Å². The lowest BCUT2D eigenvalue weighted by molar-refractivity contribution is 0.266. The van der Waals surface area contributed by atoms with Gasteiger partial charge in [0, 0.05) is 6.07 Å². The molecule has 0 fully saturated rings. The van der Waals surface area contributed by atoms with E-state index in [-0.39, 0.29) is 11.4 Å². The first-order chi connectivity index (χ1) is 8.67. The van der Waals surface area contributed by atoms with Crippen LogP contribution in [0, 0.1) is 0 Å². The lowest BCUT2D eigenvalue weighted by atomic mass is 10.1. The summed E-state index contributed by atoms with van der Waals surface area (Å²) in [5.74, 6) is -0.285. The van der Waals surface area contributed by atoms with Crippen molar-refractivity contribution in [2.75, 3.05) is 0 Å². The van der Waals surface area contributed by atoms with Crippen LogP contribution in [0.2, 0.25) is 0 Å². The third-order valence-corrected chi connectivity index (χ3v) is 2.74. The summed E-state index contributed by atoms with van der Waals surface area (Å²) in [6, 6.07) is 8.46. The number of nitrogens with zero attached hydrogens (tertiary/aromatic N) is 2. The van der Waals surface area contributed by atoms with E-state index in [0.29, 0.717) is 5.69 Å². The molecule has 0 amide bonds. The van der Waals surface area contributed by atoms with Crippen LogP contribution in [0.5, 0.6) is 5.75 Å². The number of aliphatic hydroxyl groups excluding tert-OH is 1. The molecule has 2 rings (SSSR count). The molecule has 5 heteroatoms. The minimum absolute atomic E-state index is 0.0838. The molecule has 1 aromatic carbocycles. The molecule has 94 valence electrons. The minimum atomic E-state index is -0.425. The molecule has 0 aliphatic heterocycles. The summed E-state index contributed by atoms with van der Waals surface area (Å²) in [7, 11) is 0. The second-order valence-electron chi connectivity index (χ2n) is 3.87. The first-order valence-corrected chi connectivity index (χ1v) is 5.68. The predicted molar refractivity (Wildman–Crippen MR) is 66.8 cm³/mol. The van der Waals surface area contributed by atoms with Crippen LogP contribution in [-0.2, 0) is 13.0 Å². The fraction of sp³-hybridized carbons (Fsp3) is 0.231. The molecule has 0 radical (unpaired) electrons. The Hall–Kier alpha value is -2.14. The quantitative estimate of drug-likeness (QED) is 0.847. The molecule has 0 spiro atoms. The third kappa shape index (κ3) is 2.12. The molecule has 18 heavy (non-hydrogen) atoms. The van der Waals surface area contributed by atoms with Gasteiger partial charge in [0.25, 0.3) is 5.56 Å². The Labute approximate surface area is 104 Å². The zero-order valence-corrected chi connectivity index (χ0v) is 10.00. The number of hydrogen-bond acceptors (Lipinski definition) is 4. The zero-order chi connectivity index (χ0) is 13.1. The Morgan fingerprint density at radius 3 is 2.72 bits per heavy atom. The minimum Gasteiger partial charge on any atom is -0.506 e. The summed E-state index contributed by atoms with van der Waals surface area (Å²) >= 11 is 0. The largest absolute Gasteiger partial charge is 0.506 e. The van der Waals surface area contributed by atoms with E-state index in [0.717, 1.165) is 18.1 Å². The smallest absolute Gasteiger partial charge is 0.275 e. The average Bonchev–Trinajstić information content (AvgIpc) is 2.39. The summed E-state index contributed by atoms with van der Waals surface area (Å²) in [6.45, 7) is 1.57. The van der Waals surface area contributed by atoms with Gasteiger partial charge >= 0.3 is 0 Å². The van der Waals surface area contributed by atoms with Gasteiger partial charge in [0.2, 0.25) is 0 Å². The molecule has 0 aliphatic carbocycles. The first kappa shape index (κ1) is 12.3. The highest BCUT2D eigenvalue weighted by Gasteiger charge is 2.10. The predicted octanol–water partition coefficient (Wildman–Crippen LogP) is 0.993. The second-order valence-corrected chi connectivity index (χ2v) is 3.87. The molecule has 1 aromatic heterocycles. The maximum absolute atomic E-state index is 11.8. The molecular weight excluding hydrogens is 232 g/mol. The maximum Gasteiger partial charge on any atom is 0.275 e. The highest BCUT2D eigenvalue weighted by Crippen LogP contribution is 2.15. The molecule has 0 saturated carbocycles. The first-order valence-electron chi connectivity index (χ1n) is 5.68. The van der Waals surface area contributed by atoms with E-state index < -0.39 is 12.2 Å². The Morgan fingerprint density at radius 2 is 2.06 bits per heavy atom. The summed E-state index contributed by atoms with van der Waals surface area (Å²) in [4.78, 5) is 11.8. The SMILES string of the molecule is CCc1ccccc1-n1nc(CO)c(O)cc1=O. The molecule has 1 heterocycles. The van der Waals surface area contributed by atoms with Crippen molar-refractivity contribution in [1.82, 2.24) is 9.78 Å². The van der Waals surface area contributed by atoms with Crippen LogP contribution in [0.25, 0.3) is 5.69 Å². The summed E-state index contributed by atoms with van der Waals surface area (Å²) in [5, 5.41) is 22.5. The fourth-order valence-corrected chi connectivity index (χ4v) is 1.78. The van der Waals surface area contributed by atoms with Gasteiger partial charge in [0.05, 0.1) is 12.3 Å². The number of aryl methyl sites for hydroxylation is 1. The van der Waals surface area contributed by atoms with Gasteiger partial charge in [-0.1, -0.05) is 25.1 Å². The van der Waals surface area contributed by atoms with E-state index in [9.17, 15) is 9.90 Å². The van der Waals surface area contributed by atoms with Crippen molar-refractivity contribution in [2.45, 2.75) is 20.0 Å². The van der Waals surface area contributed by atoms with Crippen LogP contribution in [-0.4, -0.2) is 20.0 Å². The Kier molecular flexibility index (Phi) is 3.43. The van der Waals surface area contributed by atoms with Gasteiger partial charge in [-0.05, 0) is 18.1 Å². The van der Waals surface area contributed by atoms with Gasteiger partial charge in [-0.15, -0.1) is 0 Å². The number of aromatic hydroxyl groups is 1. The molecule has 5 nitrogen and oxygen atoms in total. The van der Waals surface area contributed by atoms with Crippen LogP contribution in [0.4, 0.5) is 0 Å². The van der Waals surface area contributed by atoms with E-state index in [2.05, 4.69) is 5.10 Å². The van der Waals surface area contributed by atoms with Gasteiger partial charge in [-0.2, -0.15) is 9.78 Å². The molecule has 2 aromatic rings. The highest BCUT2D eigenvalue weighted by atomic mass is 16.3. The number of aromatic nitrogens is 2. The summed E-state index contributed by atoms with van der Waals surface area (Å²) < 4.78 is 1.20. The normalized spacial score (nSPS) is 10.6. The molecular formula is C13H14N2O3. The number of benzene rings is 1. The van der Waals surface area contributed by atoms with Gasteiger partial charge in [-0.3, -0.25) is 4.79 Å². The molecule has 0 aliphatic rings. The lowest BCUT2D eigenvalue weighted by Crippen LogP contribution is -2.22. The van der Waals surface area contributed by atoms with E-state index >= 15 is 0 Å². The second kappa shape index (κ2) is 5.01. The number of hydrogen-bond donors (Lipinski definition) is 2. The van der Waals surface area contributed by atoms with Crippen molar-refractivity contribution < 1.29 is 10.2 Å². The van der Waals surface area contributed by atoms with Crippen molar-refractivity contribution in [3.63, 3.8) is 0 Å². The van der Waals surface area contributed by atoms with Crippen LogP contribution in [0.15, 0.2) is 35.1 Å². The van der Waals surface area contributed by atoms with Gasteiger partial charge in [-0.25, -0.2) is 0 Å². The van der Waals surface area contributed by atoms with Crippen LogP contribution < -0.4 is 5.56 Å². The number of aliphatic hydroxyl groups is 1. The van der Waals surface area contributed by atoms with E-state index in [1.54, 1.807) is 6.07 Å². The fourth-order valence-electron chi connectivity index (χ4n) is 1.78. The summed E-state index contributed by atoms with van der Waals surface area (Å²) in [5.41, 5.74) is 1.30. The van der Waals surface area contributed by atoms with Gasteiger partial charge in [0.15, 0.2) is 0 Å².